The molecule has 4 nitrogen and oxygen atoms in total. The molecule has 0 aromatic heterocycles. The van der Waals surface area contributed by atoms with Gasteiger partial charge in [-0.2, -0.15) is 0 Å². The first-order valence-corrected chi connectivity index (χ1v) is 6.48. The fraction of sp³-hybridized carbons (Fsp3) is 0.500. The minimum absolute atomic E-state index is 0.213. The van der Waals surface area contributed by atoms with Crippen LogP contribution in [0.1, 0.15) is 24.8 Å². The fourth-order valence-electron chi connectivity index (χ4n) is 2.37. The van der Waals surface area contributed by atoms with Gasteiger partial charge in [-0.25, -0.2) is 4.79 Å². The normalized spacial score (nSPS) is 18.9. The maximum Gasteiger partial charge on any atom is 0.410 e. The first kappa shape index (κ1) is 12.9. The van der Waals surface area contributed by atoms with E-state index >= 15 is 0 Å². The van der Waals surface area contributed by atoms with E-state index in [-0.39, 0.29) is 12.1 Å². The molecule has 1 fully saturated rings. The Morgan fingerprint density at radius 2 is 2.17 bits per heavy atom. The molecule has 18 heavy (non-hydrogen) atoms. The van der Waals surface area contributed by atoms with Crippen LogP contribution in [0.2, 0.25) is 0 Å². The highest BCUT2D eigenvalue weighted by Crippen LogP contribution is 2.20. The molecule has 1 aliphatic heterocycles. The Labute approximate surface area is 108 Å². The highest BCUT2D eigenvalue weighted by Gasteiger charge is 2.28. The van der Waals surface area contributed by atoms with Crippen LogP contribution in [0.5, 0.6) is 0 Å². The van der Waals surface area contributed by atoms with Gasteiger partial charge in [0.15, 0.2) is 0 Å². The van der Waals surface area contributed by atoms with Crippen LogP contribution >= 0.6 is 0 Å². The fourth-order valence-corrected chi connectivity index (χ4v) is 2.37. The molecule has 1 aromatic carbocycles. The van der Waals surface area contributed by atoms with Gasteiger partial charge in [-0.3, -0.25) is 0 Å². The van der Waals surface area contributed by atoms with E-state index in [1.807, 2.05) is 35.2 Å². The Hall–Kier alpha value is -1.55. The van der Waals surface area contributed by atoms with E-state index in [9.17, 15) is 4.79 Å². The van der Waals surface area contributed by atoms with Crippen molar-refractivity contribution in [2.75, 3.05) is 13.1 Å². The van der Waals surface area contributed by atoms with Crippen LogP contribution < -0.4 is 5.73 Å². The molecule has 1 unspecified atom stereocenters. The maximum absolute atomic E-state index is 12.0. The minimum Gasteiger partial charge on any atom is -0.445 e. The third kappa shape index (κ3) is 3.23. The van der Waals surface area contributed by atoms with E-state index in [0.29, 0.717) is 13.2 Å². The lowest BCUT2D eigenvalue weighted by atomic mass is 10.1. The quantitative estimate of drug-likeness (QED) is 0.888. The molecule has 0 saturated carbocycles. The second-order valence-corrected chi connectivity index (χ2v) is 4.61. The number of rotatable bonds is 4. The van der Waals surface area contributed by atoms with E-state index < -0.39 is 0 Å². The zero-order valence-electron chi connectivity index (χ0n) is 10.5. The summed E-state index contributed by atoms with van der Waals surface area (Å²) in [5.41, 5.74) is 6.57. The topological polar surface area (TPSA) is 55.6 Å². The van der Waals surface area contributed by atoms with Crippen LogP contribution in [0.3, 0.4) is 0 Å². The highest BCUT2D eigenvalue weighted by molar-refractivity contribution is 5.68. The van der Waals surface area contributed by atoms with Crippen molar-refractivity contribution >= 4 is 6.09 Å². The van der Waals surface area contributed by atoms with Gasteiger partial charge in [-0.05, 0) is 31.4 Å². The van der Waals surface area contributed by atoms with Gasteiger partial charge in [0.05, 0.1) is 0 Å². The van der Waals surface area contributed by atoms with Gasteiger partial charge in [0.2, 0.25) is 0 Å². The molecule has 2 N–H and O–H groups in total. The number of likely N-dealkylation sites (tertiary alicyclic amines) is 1. The van der Waals surface area contributed by atoms with Gasteiger partial charge in [-0.15, -0.1) is 0 Å². The molecule has 98 valence electrons. The van der Waals surface area contributed by atoms with Crippen molar-refractivity contribution < 1.29 is 9.53 Å². The van der Waals surface area contributed by atoms with Crippen LogP contribution in [-0.2, 0) is 11.3 Å². The molecule has 1 aromatic rings. The molecule has 0 bridgehead atoms. The first-order valence-electron chi connectivity index (χ1n) is 6.48. The lowest BCUT2D eigenvalue weighted by Crippen LogP contribution is -2.37. The zero-order valence-corrected chi connectivity index (χ0v) is 10.5. The summed E-state index contributed by atoms with van der Waals surface area (Å²) in [5, 5.41) is 0. The SMILES string of the molecule is NCCC1CCCN1C(=O)OCc1ccccc1. The smallest absolute Gasteiger partial charge is 0.410 e. The molecule has 0 radical (unpaired) electrons. The summed E-state index contributed by atoms with van der Waals surface area (Å²) in [6.45, 7) is 1.75. The van der Waals surface area contributed by atoms with Crippen molar-refractivity contribution in [1.29, 1.82) is 0 Å². The standard InChI is InChI=1S/C14H20N2O2/c15-9-8-13-7-4-10-16(13)14(17)18-11-12-5-2-1-3-6-12/h1-3,5-6,13H,4,7-11,15H2. The van der Waals surface area contributed by atoms with E-state index in [0.717, 1.165) is 31.4 Å². The lowest BCUT2D eigenvalue weighted by Gasteiger charge is -2.23. The van der Waals surface area contributed by atoms with Gasteiger partial charge < -0.3 is 15.4 Å². The molecule has 4 heteroatoms. The Morgan fingerprint density at radius 1 is 1.39 bits per heavy atom. The van der Waals surface area contributed by atoms with Crippen LogP contribution in [0.15, 0.2) is 30.3 Å². The predicted molar refractivity (Wildman–Crippen MR) is 70.0 cm³/mol. The number of nitrogens with zero attached hydrogens (tertiary/aromatic N) is 1. The summed E-state index contributed by atoms with van der Waals surface area (Å²) < 4.78 is 5.33. The van der Waals surface area contributed by atoms with Crippen molar-refractivity contribution in [2.45, 2.75) is 31.9 Å². The first-order chi connectivity index (χ1) is 8.81. The molecule has 1 heterocycles. The van der Waals surface area contributed by atoms with Crippen LogP contribution in [0.4, 0.5) is 4.79 Å². The Kier molecular flexibility index (Phi) is 4.59. The number of hydrogen-bond acceptors (Lipinski definition) is 3. The summed E-state index contributed by atoms with van der Waals surface area (Å²) >= 11 is 0. The van der Waals surface area contributed by atoms with Gasteiger partial charge >= 0.3 is 6.09 Å². The number of nitrogens with two attached hydrogens (primary N) is 1. The monoisotopic (exact) mass is 248 g/mol. The van der Waals surface area contributed by atoms with Crippen molar-refractivity contribution in [3.05, 3.63) is 35.9 Å². The molecule has 2 rings (SSSR count). The number of hydrogen-bond donors (Lipinski definition) is 1. The van der Waals surface area contributed by atoms with Crippen molar-refractivity contribution in [1.82, 2.24) is 4.90 Å². The summed E-state index contributed by atoms with van der Waals surface area (Å²) in [6.07, 6.45) is 2.73. The largest absolute Gasteiger partial charge is 0.445 e. The van der Waals surface area contributed by atoms with Crippen LogP contribution in [0.25, 0.3) is 0 Å². The molecule has 1 atom stereocenters. The van der Waals surface area contributed by atoms with Crippen molar-refractivity contribution in [3.63, 3.8) is 0 Å². The molecular weight excluding hydrogens is 228 g/mol. The third-order valence-electron chi connectivity index (χ3n) is 3.32. The Morgan fingerprint density at radius 3 is 2.89 bits per heavy atom. The Balaban J connectivity index is 1.84. The summed E-state index contributed by atoms with van der Waals surface area (Å²) in [7, 11) is 0. The number of carbonyl (C=O) groups is 1. The van der Waals surface area contributed by atoms with Crippen molar-refractivity contribution in [3.8, 4) is 0 Å². The summed E-state index contributed by atoms with van der Waals surface area (Å²) in [6, 6.07) is 10.00. The highest BCUT2D eigenvalue weighted by atomic mass is 16.6. The van der Waals surface area contributed by atoms with Gasteiger partial charge in [0, 0.05) is 12.6 Å². The zero-order chi connectivity index (χ0) is 12.8. The van der Waals surface area contributed by atoms with Gasteiger partial charge in [-0.1, -0.05) is 30.3 Å². The molecule has 0 spiro atoms. The average Bonchev–Trinajstić information content (AvgIpc) is 2.86. The molecule has 1 amide bonds. The maximum atomic E-state index is 12.0. The second kappa shape index (κ2) is 6.40. The van der Waals surface area contributed by atoms with E-state index in [4.69, 9.17) is 10.5 Å². The average molecular weight is 248 g/mol. The van der Waals surface area contributed by atoms with E-state index in [1.54, 1.807) is 0 Å². The number of ether oxygens (including phenoxy) is 1. The van der Waals surface area contributed by atoms with Crippen LogP contribution in [0, 0.1) is 0 Å². The predicted octanol–water partition coefficient (Wildman–Crippen LogP) is 2.14. The van der Waals surface area contributed by atoms with Crippen molar-refractivity contribution in [2.24, 2.45) is 5.73 Å². The van der Waals surface area contributed by atoms with Gasteiger partial charge in [0.1, 0.15) is 6.61 Å². The molecule has 1 saturated heterocycles. The van der Waals surface area contributed by atoms with E-state index in [2.05, 4.69) is 0 Å². The number of benzene rings is 1. The van der Waals surface area contributed by atoms with Gasteiger partial charge in [0.25, 0.3) is 0 Å². The Bertz CT molecular complexity index is 381. The number of amides is 1. The number of carbonyl (C=O) groups excluding carboxylic acids is 1. The third-order valence-corrected chi connectivity index (χ3v) is 3.32. The lowest BCUT2D eigenvalue weighted by molar-refractivity contribution is 0.0912. The van der Waals surface area contributed by atoms with E-state index in [1.165, 1.54) is 0 Å². The minimum atomic E-state index is -0.213. The molecule has 0 aliphatic carbocycles. The second-order valence-electron chi connectivity index (χ2n) is 4.61. The molecule has 1 aliphatic rings. The summed E-state index contributed by atoms with van der Waals surface area (Å²) in [4.78, 5) is 13.8. The summed E-state index contributed by atoms with van der Waals surface area (Å²) in [5.74, 6) is 0. The molecular formula is C14H20N2O2. The van der Waals surface area contributed by atoms with Crippen LogP contribution in [-0.4, -0.2) is 30.1 Å².